The van der Waals surface area contributed by atoms with Crippen molar-refractivity contribution in [2.45, 2.75) is 44.6 Å². The van der Waals surface area contributed by atoms with Gasteiger partial charge in [-0.05, 0) is 11.8 Å². The van der Waals surface area contributed by atoms with Crippen LogP contribution in [0.25, 0.3) is 0 Å². The van der Waals surface area contributed by atoms with Crippen LogP contribution in [0.5, 0.6) is 0 Å². The number of hydrogen-bond donors (Lipinski definition) is 3. The van der Waals surface area contributed by atoms with Crippen LogP contribution >= 0.6 is 0 Å². The number of rotatable bonds is 5. The first kappa shape index (κ1) is 13.0. The quantitative estimate of drug-likeness (QED) is 0.635. The SMILES string of the molecule is NC(=O)CC(C1CCCCC1)C(N)C(=O)O. The standard InChI is InChI=1S/C11H20N2O3/c12-9(14)6-8(10(13)11(15)16)7-4-2-1-3-5-7/h7-8,10H,1-6,13H2,(H2,12,14)(H,15,16). The summed E-state index contributed by atoms with van der Waals surface area (Å²) >= 11 is 0. The monoisotopic (exact) mass is 228 g/mol. The second-order valence-corrected chi connectivity index (χ2v) is 4.60. The topological polar surface area (TPSA) is 106 Å². The molecule has 5 heteroatoms. The van der Waals surface area contributed by atoms with E-state index in [-0.39, 0.29) is 18.3 Å². The van der Waals surface area contributed by atoms with Crippen LogP contribution < -0.4 is 11.5 Å². The molecule has 1 aliphatic rings. The van der Waals surface area contributed by atoms with Gasteiger partial charge in [0.1, 0.15) is 6.04 Å². The van der Waals surface area contributed by atoms with Crippen molar-refractivity contribution in [3.8, 4) is 0 Å². The number of amides is 1. The number of primary amides is 1. The Kier molecular flexibility index (Phi) is 4.73. The summed E-state index contributed by atoms with van der Waals surface area (Å²) in [4.78, 5) is 21.8. The van der Waals surface area contributed by atoms with Crippen molar-refractivity contribution < 1.29 is 14.7 Å². The van der Waals surface area contributed by atoms with E-state index in [9.17, 15) is 9.59 Å². The Hall–Kier alpha value is -1.10. The smallest absolute Gasteiger partial charge is 0.320 e. The van der Waals surface area contributed by atoms with Crippen LogP contribution in [0.4, 0.5) is 0 Å². The highest BCUT2D eigenvalue weighted by atomic mass is 16.4. The summed E-state index contributed by atoms with van der Waals surface area (Å²) in [5.74, 6) is -1.59. The molecule has 0 aromatic rings. The van der Waals surface area contributed by atoms with Gasteiger partial charge in [-0.15, -0.1) is 0 Å². The molecule has 5 nitrogen and oxygen atoms in total. The van der Waals surface area contributed by atoms with E-state index in [4.69, 9.17) is 16.6 Å². The lowest BCUT2D eigenvalue weighted by Gasteiger charge is -2.31. The third kappa shape index (κ3) is 3.48. The molecule has 0 bridgehead atoms. The van der Waals surface area contributed by atoms with E-state index in [0.717, 1.165) is 25.7 Å². The van der Waals surface area contributed by atoms with Crippen molar-refractivity contribution in [3.05, 3.63) is 0 Å². The molecule has 0 aromatic carbocycles. The average molecular weight is 228 g/mol. The van der Waals surface area contributed by atoms with Crippen LogP contribution in [0, 0.1) is 11.8 Å². The van der Waals surface area contributed by atoms with Crippen LogP contribution in [-0.4, -0.2) is 23.0 Å². The van der Waals surface area contributed by atoms with Gasteiger partial charge in [-0.25, -0.2) is 0 Å². The van der Waals surface area contributed by atoms with Crippen molar-refractivity contribution in [1.82, 2.24) is 0 Å². The van der Waals surface area contributed by atoms with E-state index in [1.165, 1.54) is 6.42 Å². The molecule has 1 rings (SSSR count). The minimum Gasteiger partial charge on any atom is -0.480 e. The predicted molar refractivity (Wildman–Crippen MR) is 59.5 cm³/mol. The molecule has 1 fully saturated rings. The maximum Gasteiger partial charge on any atom is 0.320 e. The minimum atomic E-state index is -1.04. The molecule has 2 unspecified atom stereocenters. The lowest BCUT2D eigenvalue weighted by molar-refractivity contribution is -0.140. The molecule has 0 spiro atoms. The largest absolute Gasteiger partial charge is 0.480 e. The molecule has 1 saturated carbocycles. The number of aliphatic carboxylic acids is 1. The molecule has 16 heavy (non-hydrogen) atoms. The summed E-state index contributed by atoms with van der Waals surface area (Å²) in [6.07, 6.45) is 5.36. The zero-order chi connectivity index (χ0) is 12.1. The van der Waals surface area contributed by atoms with Gasteiger partial charge in [-0.1, -0.05) is 32.1 Å². The van der Waals surface area contributed by atoms with Gasteiger partial charge in [0.2, 0.25) is 5.91 Å². The average Bonchev–Trinajstić information content (AvgIpc) is 2.26. The molecule has 0 aliphatic heterocycles. The highest BCUT2D eigenvalue weighted by Gasteiger charge is 2.33. The first-order valence-electron chi connectivity index (χ1n) is 5.79. The molecular weight excluding hydrogens is 208 g/mol. The minimum absolute atomic E-state index is 0.0815. The van der Waals surface area contributed by atoms with Gasteiger partial charge in [0.05, 0.1) is 0 Å². The molecular formula is C11H20N2O3. The lowest BCUT2D eigenvalue weighted by atomic mass is 9.75. The molecule has 5 N–H and O–H groups in total. The van der Waals surface area contributed by atoms with Crippen LogP contribution in [0.15, 0.2) is 0 Å². The fourth-order valence-electron chi connectivity index (χ4n) is 2.56. The zero-order valence-electron chi connectivity index (χ0n) is 9.39. The van der Waals surface area contributed by atoms with Crippen LogP contribution in [-0.2, 0) is 9.59 Å². The molecule has 0 heterocycles. The van der Waals surface area contributed by atoms with Crippen molar-refractivity contribution >= 4 is 11.9 Å². The van der Waals surface area contributed by atoms with Gasteiger partial charge >= 0.3 is 5.97 Å². The Morgan fingerprint density at radius 2 is 1.81 bits per heavy atom. The van der Waals surface area contributed by atoms with Gasteiger partial charge < -0.3 is 16.6 Å². The Morgan fingerprint density at radius 1 is 1.25 bits per heavy atom. The fourth-order valence-corrected chi connectivity index (χ4v) is 2.56. The van der Waals surface area contributed by atoms with E-state index >= 15 is 0 Å². The molecule has 0 aromatic heterocycles. The molecule has 1 aliphatic carbocycles. The number of carboxylic acids is 1. The Bertz CT molecular complexity index is 262. The van der Waals surface area contributed by atoms with Gasteiger partial charge in [-0.3, -0.25) is 9.59 Å². The van der Waals surface area contributed by atoms with E-state index in [1.807, 2.05) is 0 Å². The van der Waals surface area contributed by atoms with E-state index in [0.29, 0.717) is 0 Å². The van der Waals surface area contributed by atoms with Gasteiger partial charge in [0.15, 0.2) is 0 Å². The summed E-state index contributed by atoms with van der Waals surface area (Å²) in [6, 6.07) is -0.976. The summed E-state index contributed by atoms with van der Waals surface area (Å²) in [6.45, 7) is 0. The maximum absolute atomic E-state index is 11.0. The van der Waals surface area contributed by atoms with Crippen LogP contribution in [0.1, 0.15) is 38.5 Å². The van der Waals surface area contributed by atoms with Crippen molar-refractivity contribution in [2.75, 3.05) is 0 Å². The molecule has 92 valence electrons. The summed E-state index contributed by atoms with van der Waals surface area (Å²) in [5.41, 5.74) is 10.8. The molecule has 0 saturated heterocycles. The van der Waals surface area contributed by atoms with Crippen LogP contribution in [0.2, 0.25) is 0 Å². The number of carboxylic acid groups (broad SMARTS) is 1. The van der Waals surface area contributed by atoms with Crippen molar-refractivity contribution in [3.63, 3.8) is 0 Å². The zero-order valence-corrected chi connectivity index (χ0v) is 9.39. The van der Waals surface area contributed by atoms with Crippen molar-refractivity contribution in [1.29, 1.82) is 0 Å². The maximum atomic E-state index is 11.0. The third-order valence-electron chi connectivity index (χ3n) is 3.44. The van der Waals surface area contributed by atoms with E-state index < -0.39 is 17.9 Å². The second kappa shape index (κ2) is 5.84. The fraction of sp³-hybridized carbons (Fsp3) is 0.818. The molecule has 1 amide bonds. The van der Waals surface area contributed by atoms with E-state index in [2.05, 4.69) is 0 Å². The van der Waals surface area contributed by atoms with Crippen molar-refractivity contribution in [2.24, 2.45) is 23.3 Å². The Morgan fingerprint density at radius 3 is 2.25 bits per heavy atom. The molecule has 0 radical (unpaired) electrons. The van der Waals surface area contributed by atoms with Crippen LogP contribution in [0.3, 0.4) is 0 Å². The Balaban J connectivity index is 2.68. The normalized spacial score (nSPS) is 21.3. The number of carbonyl (C=O) groups is 2. The highest BCUT2D eigenvalue weighted by molar-refractivity contribution is 5.77. The van der Waals surface area contributed by atoms with Gasteiger partial charge in [-0.2, -0.15) is 0 Å². The first-order chi connectivity index (χ1) is 7.52. The number of carbonyl (C=O) groups excluding carboxylic acids is 1. The number of nitrogens with two attached hydrogens (primary N) is 2. The van der Waals surface area contributed by atoms with Gasteiger partial charge in [0.25, 0.3) is 0 Å². The summed E-state index contributed by atoms with van der Waals surface area (Å²) in [5, 5.41) is 8.92. The lowest BCUT2D eigenvalue weighted by Crippen LogP contribution is -2.43. The predicted octanol–water partition coefficient (Wildman–Crippen LogP) is 0.470. The number of hydrogen-bond acceptors (Lipinski definition) is 3. The third-order valence-corrected chi connectivity index (χ3v) is 3.44. The molecule has 2 atom stereocenters. The highest BCUT2D eigenvalue weighted by Crippen LogP contribution is 2.33. The first-order valence-corrected chi connectivity index (χ1v) is 5.79. The van der Waals surface area contributed by atoms with E-state index in [1.54, 1.807) is 0 Å². The Labute approximate surface area is 95.2 Å². The summed E-state index contributed by atoms with van der Waals surface area (Å²) < 4.78 is 0. The summed E-state index contributed by atoms with van der Waals surface area (Å²) in [7, 11) is 0. The second-order valence-electron chi connectivity index (χ2n) is 4.60. The van der Waals surface area contributed by atoms with Gasteiger partial charge in [0, 0.05) is 6.42 Å².